The van der Waals surface area contributed by atoms with Crippen LogP contribution in [0, 0.1) is 40.8 Å². The molecule has 2 aromatic carbocycles. The third kappa shape index (κ3) is 24.9. The van der Waals surface area contributed by atoms with E-state index in [1.165, 1.54) is 47.4 Å². The Kier molecular flexibility index (Phi) is 31.1. The van der Waals surface area contributed by atoms with Crippen LogP contribution in [0.1, 0.15) is 44.4 Å². The zero-order chi connectivity index (χ0) is 80.0. The van der Waals surface area contributed by atoms with Crippen LogP contribution in [-0.2, 0) is 29.4 Å². The Morgan fingerprint density at radius 3 is 1.46 bits per heavy atom. The summed E-state index contributed by atoms with van der Waals surface area (Å²) in [5.74, 6) is 4.50. The van der Waals surface area contributed by atoms with Crippen LogP contribution in [0.5, 0.6) is 0 Å². The highest BCUT2D eigenvalue weighted by atomic mass is 127. The van der Waals surface area contributed by atoms with Gasteiger partial charge < -0.3 is 36.5 Å². The number of anilines is 3. The summed E-state index contributed by atoms with van der Waals surface area (Å²) in [7, 11) is -10.8. The summed E-state index contributed by atoms with van der Waals surface area (Å²) in [4.78, 5) is 34.4. The Morgan fingerprint density at radius 2 is 0.972 bits per heavy atom. The summed E-state index contributed by atoms with van der Waals surface area (Å²) in [5.41, 5.74) is 26.8. The molecule has 12 heterocycles. The van der Waals surface area contributed by atoms with Crippen molar-refractivity contribution in [2.75, 3.05) is 17.2 Å². The quantitative estimate of drug-likeness (QED) is 0.0608. The van der Waals surface area contributed by atoms with E-state index in [0.29, 0.717) is 79.0 Å². The molecule has 11 aromatic heterocycles. The molecule has 14 rings (SSSR count). The maximum absolute atomic E-state index is 13.3. The predicted octanol–water partition coefficient (Wildman–Crippen LogP) is 20.0. The van der Waals surface area contributed by atoms with Crippen molar-refractivity contribution in [1.29, 1.82) is 0 Å². The Bertz CT molecular complexity index is 5650. The topological polar surface area (TPSA) is 296 Å². The number of pyridine rings is 7. The van der Waals surface area contributed by atoms with Gasteiger partial charge in [-0.25, -0.2) is 59.7 Å². The molecule has 564 valence electrons. The number of halogens is 10. The monoisotopic (exact) mass is 1900 g/mol. The molecule has 13 aromatic rings. The maximum atomic E-state index is 13.3. The van der Waals surface area contributed by atoms with E-state index < -0.39 is 54.5 Å². The van der Waals surface area contributed by atoms with Gasteiger partial charge in [-0.2, -0.15) is 0 Å². The second-order valence-electron chi connectivity index (χ2n) is 26.6. The number of rotatable bonds is 5. The van der Waals surface area contributed by atoms with Crippen molar-refractivity contribution in [2.45, 2.75) is 102 Å². The number of nitrogen functional groups attached to an aromatic ring is 3. The van der Waals surface area contributed by atoms with E-state index in [0.717, 1.165) is 50.8 Å². The molecule has 35 heteroatoms. The van der Waals surface area contributed by atoms with Crippen LogP contribution < -0.4 is 22.7 Å². The molecular weight excluding hydrogens is 1830 g/mol. The number of fused-ring (bicyclic) bond motifs is 4. The number of terminal acetylenes is 1. The molecule has 108 heavy (non-hydrogen) atoms. The number of H-pyrrole nitrogens is 2. The van der Waals surface area contributed by atoms with Crippen molar-refractivity contribution in [1.82, 2.24) is 52.8 Å². The molecule has 0 aliphatic carbocycles. The van der Waals surface area contributed by atoms with E-state index in [2.05, 4.69) is 156 Å². The number of nitrogens with zero attached hydrogens (tertiary/aromatic N) is 9. The van der Waals surface area contributed by atoms with E-state index in [1.807, 2.05) is 72.1 Å². The number of benzene rings is 2. The van der Waals surface area contributed by atoms with Crippen molar-refractivity contribution < 1.29 is 26.1 Å². The van der Waals surface area contributed by atoms with Crippen LogP contribution in [0.25, 0.3) is 44.1 Å². The van der Waals surface area contributed by atoms with Gasteiger partial charge in [0.1, 0.15) is 44.9 Å². The minimum atomic E-state index is -3.86. The highest BCUT2D eigenvalue weighted by molar-refractivity contribution is 14.1. The smallest absolute Gasteiger partial charge is 0.399 e. The van der Waals surface area contributed by atoms with Crippen molar-refractivity contribution in [3.05, 3.63) is 236 Å². The zero-order valence-electron chi connectivity index (χ0n) is 60.1. The van der Waals surface area contributed by atoms with E-state index in [-0.39, 0.29) is 15.4 Å². The first-order valence-electron chi connectivity index (χ1n) is 32.1. The minimum absolute atomic E-state index is 0.178. The van der Waals surface area contributed by atoms with Gasteiger partial charge in [-0.3, -0.25) is 0 Å². The van der Waals surface area contributed by atoms with E-state index in [1.54, 1.807) is 97.3 Å². The number of aryl methyl sites for hydroxylation is 2. The van der Waals surface area contributed by atoms with Gasteiger partial charge in [-0.05, 0) is 175 Å². The molecule has 20 nitrogen and oxygen atoms in total. The van der Waals surface area contributed by atoms with Crippen LogP contribution in [0.15, 0.2) is 190 Å². The van der Waals surface area contributed by atoms with Gasteiger partial charge in [0.05, 0.1) is 65.3 Å². The van der Waals surface area contributed by atoms with Gasteiger partial charge in [0.15, 0.2) is 11.3 Å². The molecular formula is C73H73BBr2Cl7IN14O6S2Si2. The fourth-order valence-corrected chi connectivity index (χ4v) is 14.7. The highest BCUT2D eigenvalue weighted by Gasteiger charge is 2.53. The van der Waals surface area contributed by atoms with Crippen molar-refractivity contribution >= 4 is 246 Å². The van der Waals surface area contributed by atoms with Gasteiger partial charge in [-0.1, -0.05) is 162 Å². The van der Waals surface area contributed by atoms with Crippen LogP contribution >= 0.6 is 136 Å². The normalized spacial score (nSPS) is 12.8. The van der Waals surface area contributed by atoms with Crippen LogP contribution in [0.2, 0.25) is 74.4 Å². The third-order valence-corrected chi connectivity index (χ3v) is 23.8. The first kappa shape index (κ1) is 88.4. The minimum Gasteiger partial charge on any atom is -0.399 e. The molecule has 0 atom stereocenters. The maximum Gasteiger partial charge on any atom is 0.497 e. The van der Waals surface area contributed by atoms with Gasteiger partial charge in [-0.15, -0.1) is 17.5 Å². The Morgan fingerprint density at radius 1 is 0.528 bits per heavy atom. The van der Waals surface area contributed by atoms with Gasteiger partial charge in [0.2, 0.25) is 0 Å². The number of hydrogen-bond donors (Lipinski definition) is 5. The predicted molar refractivity (Wildman–Crippen MR) is 466 cm³/mol. The molecule has 0 radical (unpaired) electrons. The molecule has 1 aliphatic rings. The largest absolute Gasteiger partial charge is 0.497 e. The average molecular weight is 1910 g/mol. The fraction of sp³-hybridized carbons (Fsp3) is 0.192. The lowest BCUT2D eigenvalue weighted by Gasteiger charge is -2.32. The van der Waals surface area contributed by atoms with Crippen LogP contribution in [0.3, 0.4) is 0 Å². The lowest BCUT2D eigenvalue weighted by atomic mass is 9.79. The lowest BCUT2D eigenvalue weighted by molar-refractivity contribution is 0.00578. The summed E-state index contributed by atoms with van der Waals surface area (Å²) < 4.78 is 69.2. The molecule has 1 saturated heterocycles. The zero-order valence-corrected chi connectivity index (χ0v) is 74.4. The average Bonchev–Trinajstić information content (AvgIpc) is 1.58. The van der Waals surface area contributed by atoms with E-state index in [9.17, 15) is 16.8 Å². The van der Waals surface area contributed by atoms with Crippen molar-refractivity contribution in [2.24, 2.45) is 0 Å². The molecule has 8 N–H and O–H groups in total. The first-order valence-corrected chi connectivity index (χ1v) is 47.3. The van der Waals surface area contributed by atoms with Crippen LogP contribution in [0.4, 0.5) is 17.5 Å². The Hall–Kier alpha value is -6.79. The molecule has 0 amide bonds. The van der Waals surface area contributed by atoms with Crippen molar-refractivity contribution in [3.8, 4) is 23.4 Å². The highest BCUT2D eigenvalue weighted by Crippen LogP contribution is 2.38. The molecule has 0 saturated carbocycles. The standard InChI is InChI=1S/C20H22BClN2O4S.C14H10BrClN2O2S.C10H13ClN2Si.C7H4BrClN2.C7H5ClN2.C5H4ClIN2.C5H5ClN2.C5H10Si/c1-13-6-8-15(9-7-13)29(25,26)24-12-17(16-10-14(22)11-23-18(16)24)21-27-19(2,3)20(4,5)28-21;1-9-2-4-11(5-3-9)21(19,20)18-8-13(15)12-6-10(16)7-17-14(12)18;1-14(2,3)5-4-8-6-9(11)7-13-10(8)12;8-6-3-11-7-5(6)1-4(9)2-10-7;8-6-3-5-1-2-9-7(5)10-4-6;6-3-1-4(7)5(8)9-2-3;6-4-1-2-5(7)8-3-4;1-5-6(2,3)4/h6-12H,1-5H3;2-8H,1H3;6-7H,1-3H3,(H2,12,13);1-3H,(H,10,11);1-4H,(H,9,10);1-2H,(H2,8,9);1-3H,(H2,7,8);1H,2-4H3. The van der Waals surface area contributed by atoms with Gasteiger partial charge in [0, 0.05) is 104 Å². The summed E-state index contributed by atoms with van der Waals surface area (Å²) in [6, 6.07) is 29.3. The fourth-order valence-electron chi connectivity index (χ4n) is 8.74. The van der Waals surface area contributed by atoms with Gasteiger partial charge in [0.25, 0.3) is 20.0 Å². The first-order chi connectivity index (χ1) is 50.4. The van der Waals surface area contributed by atoms with E-state index >= 15 is 0 Å². The summed E-state index contributed by atoms with van der Waals surface area (Å²) in [6.07, 6.45) is 22.5. The Balaban J connectivity index is 0.000000182. The molecule has 1 fully saturated rings. The summed E-state index contributed by atoms with van der Waals surface area (Å²) in [6.45, 7) is 24.5. The lowest BCUT2D eigenvalue weighted by Crippen LogP contribution is -2.41. The number of aromatic nitrogens is 11. The summed E-state index contributed by atoms with van der Waals surface area (Å²) >= 11 is 49.2. The van der Waals surface area contributed by atoms with Gasteiger partial charge >= 0.3 is 7.12 Å². The second kappa shape index (κ2) is 38.0. The SMILES string of the molecule is C#C[Si](C)(C)C.C[Si](C)(C)C#Cc1cc(Cl)cnc1N.Cc1ccc(S(=O)(=O)n2cc(B3OC(C)(C)C(C)(C)O3)c3cc(Cl)cnc32)cc1.Cc1ccc(S(=O)(=O)n2cc(Br)c3cc(Cl)cnc32)cc1.Clc1cnc2[nH]cc(Br)c2c1.Clc1cnc2[nH]ccc2c1.Nc1ccc(Cl)cn1.Nc1ncc(Cl)cc1I. The Labute approximate surface area is 696 Å². The van der Waals surface area contributed by atoms with E-state index in [4.69, 9.17) is 114 Å². The number of hydrogen-bond acceptors (Lipinski definition) is 16. The molecule has 0 unspecified atom stereocenters. The third-order valence-electron chi connectivity index (χ3n) is 15.1. The van der Waals surface area contributed by atoms with Crippen LogP contribution in [-0.4, -0.2) is 104 Å². The molecule has 0 bridgehead atoms. The number of nitrogens with two attached hydrogens (primary N) is 3. The number of nitrogens with one attached hydrogen (secondary N) is 2. The molecule has 1 aliphatic heterocycles. The molecule has 0 spiro atoms. The van der Waals surface area contributed by atoms with Crippen molar-refractivity contribution in [3.63, 3.8) is 0 Å². The summed E-state index contributed by atoms with van der Waals surface area (Å²) in [5, 5.41) is 7.26. The number of aromatic amines is 2. The second-order valence-corrected chi connectivity index (χ2v) is 45.7.